The zero-order valence-corrected chi connectivity index (χ0v) is 11.7. The molecule has 0 aliphatic carbocycles. The zero-order chi connectivity index (χ0) is 13.3. The van der Waals surface area contributed by atoms with E-state index in [0.717, 1.165) is 18.0 Å². The van der Waals surface area contributed by atoms with Crippen LogP contribution in [0.5, 0.6) is 0 Å². The van der Waals surface area contributed by atoms with Crippen LogP contribution in [0.1, 0.15) is 28.1 Å². The van der Waals surface area contributed by atoms with Crippen LogP contribution in [0.3, 0.4) is 0 Å². The molecule has 0 saturated carbocycles. The summed E-state index contributed by atoms with van der Waals surface area (Å²) in [6, 6.07) is 6.39. The second-order valence-electron chi connectivity index (χ2n) is 4.88. The van der Waals surface area contributed by atoms with Crippen LogP contribution in [0.4, 0.5) is 5.69 Å². The van der Waals surface area contributed by atoms with Gasteiger partial charge < -0.3 is 9.42 Å². The van der Waals surface area contributed by atoms with Crippen molar-refractivity contribution in [2.24, 2.45) is 0 Å². The summed E-state index contributed by atoms with van der Waals surface area (Å²) in [6.45, 7) is 9.08. The van der Waals surface area contributed by atoms with Gasteiger partial charge in [0.15, 0.2) is 0 Å². The van der Waals surface area contributed by atoms with Crippen molar-refractivity contribution in [1.29, 1.82) is 0 Å². The van der Waals surface area contributed by atoms with E-state index in [1.807, 2.05) is 13.8 Å². The van der Waals surface area contributed by atoms with Crippen molar-refractivity contribution < 1.29 is 4.52 Å². The third-order valence-electron chi connectivity index (χ3n) is 3.56. The van der Waals surface area contributed by atoms with Crippen LogP contribution in [0.25, 0.3) is 0 Å². The van der Waals surface area contributed by atoms with E-state index in [9.17, 15) is 0 Å². The van der Waals surface area contributed by atoms with Gasteiger partial charge in [-0.1, -0.05) is 17.3 Å². The number of hydrogen-bond donors (Lipinski definition) is 0. The predicted octanol–water partition coefficient (Wildman–Crippen LogP) is 3.54. The van der Waals surface area contributed by atoms with E-state index in [1.54, 1.807) is 0 Å². The molecule has 2 aromatic rings. The Bertz CT molecular complexity index is 538. The molecule has 0 amide bonds. The van der Waals surface area contributed by atoms with Crippen LogP contribution < -0.4 is 4.90 Å². The van der Waals surface area contributed by atoms with Crippen molar-refractivity contribution in [3.63, 3.8) is 0 Å². The van der Waals surface area contributed by atoms with Gasteiger partial charge in [-0.25, -0.2) is 0 Å². The van der Waals surface area contributed by atoms with Gasteiger partial charge in [-0.3, -0.25) is 0 Å². The SMILES string of the molecule is Cc1cccc(N(C)Cc2c(C)noc2C)c1C. The molecule has 0 radical (unpaired) electrons. The summed E-state index contributed by atoms with van der Waals surface area (Å²) in [5.41, 5.74) is 6.06. The molecule has 18 heavy (non-hydrogen) atoms. The van der Waals surface area contributed by atoms with Crippen LogP contribution in [-0.4, -0.2) is 12.2 Å². The first-order chi connectivity index (χ1) is 8.50. The molecular weight excluding hydrogens is 224 g/mol. The minimum absolute atomic E-state index is 0.825. The van der Waals surface area contributed by atoms with E-state index in [1.165, 1.54) is 22.4 Å². The molecule has 0 N–H and O–H groups in total. The van der Waals surface area contributed by atoms with Gasteiger partial charge >= 0.3 is 0 Å². The Kier molecular flexibility index (Phi) is 3.41. The highest BCUT2D eigenvalue weighted by atomic mass is 16.5. The number of aromatic nitrogens is 1. The average Bonchev–Trinajstić information content (AvgIpc) is 2.64. The van der Waals surface area contributed by atoms with E-state index >= 15 is 0 Å². The van der Waals surface area contributed by atoms with Crippen LogP contribution in [0.15, 0.2) is 22.7 Å². The van der Waals surface area contributed by atoms with Crippen molar-refractivity contribution in [3.8, 4) is 0 Å². The number of nitrogens with zero attached hydrogens (tertiary/aromatic N) is 2. The second-order valence-corrected chi connectivity index (χ2v) is 4.88. The van der Waals surface area contributed by atoms with Gasteiger partial charge in [0.05, 0.1) is 5.69 Å². The highest BCUT2D eigenvalue weighted by Crippen LogP contribution is 2.24. The first kappa shape index (κ1) is 12.7. The first-order valence-electron chi connectivity index (χ1n) is 6.19. The lowest BCUT2D eigenvalue weighted by atomic mass is 10.1. The fourth-order valence-electron chi connectivity index (χ4n) is 2.20. The van der Waals surface area contributed by atoms with Gasteiger partial charge in [-0.05, 0) is 44.9 Å². The molecule has 3 heteroatoms. The Hall–Kier alpha value is -1.77. The molecule has 0 saturated heterocycles. The van der Waals surface area contributed by atoms with Crippen molar-refractivity contribution in [2.45, 2.75) is 34.2 Å². The summed E-state index contributed by atoms with van der Waals surface area (Å²) in [6.07, 6.45) is 0. The quantitative estimate of drug-likeness (QED) is 0.827. The van der Waals surface area contributed by atoms with E-state index in [-0.39, 0.29) is 0 Å². The van der Waals surface area contributed by atoms with E-state index < -0.39 is 0 Å². The molecule has 96 valence electrons. The van der Waals surface area contributed by atoms with Crippen LogP contribution in [0.2, 0.25) is 0 Å². The van der Waals surface area contributed by atoms with E-state index in [4.69, 9.17) is 4.52 Å². The minimum atomic E-state index is 0.825. The summed E-state index contributed by atoms with van der Waals surface area (Å²) >= 11 is 0. The summed E-state index contributed by atoms with van der Waals surface area (Å²) < 4.78 is 5.21. The van der Waals surface area contributed by atoms with Gasteiger partial charge in [-0.2, -0.15) is 0 Å². The van der Waals surface area contributed by atoms with E-state index in [2.05, 4.69) is 49.2 Å². The lowest BCUT2D eigenvalue weighted by Gasteiger charge is -2.22. The fraction of sp³-hybridized carbons (Fsp3) is 0.400. The number of anilines is 1. The molecule has 0 aliphatic rings. The Balaban J connectivity index is 2.28. The number of rotatable bonds is 3. The summed E-state index contributed by atoms with van der Waals surface area (Å²) in [5.74, 6) is 0.907. The molecule has 0 atom stereocenters. The average molecular weight is 244 g/mol. The molecule has 0 fully saturated rings. The predicted molar refractivity (Wildman–Crippen MR) is 74.0 cm³/mol. The zero-order valence-electron chi connectivity index (χ0n) is 11.7. The van der Waals surface area contributed by atoms with Crippen molar-refractivity contribution in [1.82, 2.24) is 5.16 Å². The van der Waals surface area contributed by atoms with Gasteiger partial charge in [0, 0.05) is 24.8 Å². The number of aryl methyl sites for hydroxylation is 3. The Morgan fingerprint density at radius 1 is 1.17 bits per heavy atom. The second kappa shape index (κ2) is 4.84. The van der Waals surface area contributed by atoms with Crippen LogP contribution in [-0.2, 0) is 6.54 Å². The van der Waals surface area contributed by atoms with Crippen LogP contribution >= 0.6 is 0 Å². The first-order valence-corrected chi connectivity index (χ1v) is 6.19. The topological polar surface area (TPSA) is 29.3 Å². The molecule has 0 unspecified atom stereocenters. The highest BCUT2D eigenvalue weighted by molar-refractivity contribution is 5.55. The molecule has 0 spiro atoms. The molecular formula is C15H20N2O. The maximum atomic E-state index is 5.21. The monoisotopic (exact) mass is 244 g/mol. The lowest BCUT2D eigenvalue weighted by Crippen LogP contribution is -2.18. The van der Waals surface area contributed by atoms with Gasteiger partial charge in [0.1, 0.15) is 5.76 Å². The Morgan fingerprint density at radius 2 is 1.89 bits per heavy atom. The molecule has 2 rings (SSSR count). The van der Waals surface area contributed by atoms with Crippen LogP contribution in [0, 0.1) is 27.7 Å². The number of benzene rings is 1. The van der Waals surface area contributed by atoms with Crippen molar-refractivity contribution in [2.75, 3.05) is 11.9 Å². The molecule has 1 aromatic carbocycles. The standard InChI is InChI=1S/C15H20N2O/c1-10-7-6-8-15(11(10)2)17(5)9-14-12(3)16-18-13(14)4/h6-8H,9H2,1-5H3. The third kappa shape index (κ3) is 2.26. The maximum Gasteiger partial charge on any atom is 0.138 e. The molecule has 3 nitrogen and oxygen atoms in total. The number of hydrogen-bond acceptors (Lipinski definition) is 3. The highest BCUT2D eigenvalue weighted by Gasteiger charge is 2.13. The van der Waals surface area contributed by atoms with Crippen molar-refractivity contribution >= 4 is 5.69 Å². The molecule has 1 aromatic heterocycles. The minimum Gasteiger partial charge on any atom is -0.370 e. The molecule has 1 heterocycles. The largest absolute Gasteiger partial charge is 0.370 e. The lowest BCUT2D eigenvalue weighted by molar-refractivity contribution is 0.392. The fourth-order valence-corrected chi connectivity index (χ4v) is 2.20. The summed E-state index contributed by atoms with van der Waals surface area (Å²) in [4.78, 5) is 2.24. The smallest absolute Gasteiger partial charge is 0.138 e. The van der Waals surface area contributed by atoms with Crippen molar-refractivity contribution in [3.05, 3.63) is 46.3 Å². The van der Waals surface area contributed by atoms with Gasteiger partial charge in [0.2, 0.25) is 0 Å². The molecule has 0 bridgehead atoms. The van der Waals surface area contributed by atoms with Gasteiger partial charge in [-0.15, -0.1) is 0 Å². The summed E-state index contributed by atoms with van der Waals surface area (Å²) in [7, 11) is 2.10. The van der Waals surface area contributed by atoms with E-state index in [0.29, 0.717) is 0 Å². The maximum absolute atomic E-state index is 5.21. The normalized spacial score (nSPS) is 10.7. The Morgan fingerprint density at radius 3 is 2.50 bits per heavy atom. The third-order valence-corrected chi connectivity index (χ3v) is 3.56. The summed E-state index contributed by atoms with van der Waals surface area (Å²) in [5, 5.41) is 4.00. The Labute approximate surface area is 108 Å². The van der Waals surface area contributed by atoms with Gasteiger partial charge in [0.25, 0.3) is 0 Å². The molecule has 0 aliphatic heterocycles.